The van der Waals surface area contributed by atoms with Crippen molar-refractivity contribution in [2.75, 3.05) is 6.54 Å². The molecule has 7 heteroatoms. The van der Waals surface area contributed by atoms with Crippen molar-refractivity contribution in [1.82, 2.24) is 20.4 Å². The first-order valence-corrected chi connectivity index (χ1v) is 11.6. The van der Waals surface area contributed by atoms with Gasteiger partial charge in [-0.3, -0.25) is 0 Å². The maximum Gasteiger partial charge on any atom is 0.258 e. The molecule has 1 aliphatic heterocycles. The molecule has 0 bridgehead atoms. The summed E-state index contributed by atoms with van der Waals surface area (Å²) in [6.07, 6.45) is 1.01. The summed E-state index contributed by atoms with van der Waals surface area (Å²) < 4.78 is 19.1. The Kier molecular flexibility index (Phi) is 6.61. The summed E-state index contributed by atoms with van der Waals surface area (Å²) in [5, 5.41) is 8.39. The second kappa shape index (κ2) is 9.43. The van der Waals surface area contributed by atoms with Gasteiger partial charge in [-0.1, -0.05) is 37.2 Å². The van der Waals surface area contributed by atoms with Crippen LogP contribution >= 0.6 is 12.2 Å². The molecule has 1 N–H and O–H groups in total. The van der Waals surface area contributed by atoms with Gasteiger partial charge in [-0.05, 0) is 86.3 Å². The van der Waals surface area contributed by atoms with Crippen molar-refractivity contribution in [3.8, 4) is 11.4 Å². The largest absolute Gasteiger partial charge is 0.351 e. The molecule has 1 atom stereocenters. The fraction of sp³-hybridized carbons (Fsp3) is 0.346. The molecule has 0 spiro atoms. The first-order valence-electron chi connectivity index (χ1n) is 11.2. The van der Waals surface area contributed by atoms with Gasteiger partial charge in [0.25, 0.3) is 5.89 Å². The third kappa shape index (κ3) is 4.83. The lowest BCUT2D eigenvalue weighted by molar-refractivity contribution is 0.390. The summed E-state index contributed by atoms with van der Waals surface area (Å²) in [6.45, 7) is 11.5. The zero-order valence-electron chi connectivity index (χ0n) is 19.6. The van der Waals surface area contributed by atoms with Crippen molar-refractivity contribution in [2.24, 2.45) is 5.92 Å². The number of thiocarbonyl (C=S) groups is 1. The molecule has 2 aromatic carbocycles. The van der Waals surface area contributed by atoms with E-state index >= 15 is 0 Å². The van der Waals surface area contributed by atoms with E-state index in [1.807, 2.05) is 0 Å². The third-order valence-corrected chi connectivity index (χ3v) is 6.49. The Morgan fingerprint density at radius 2 is 1.82 bits per heavy atom. The number of aryl methyl sites for hydroxylation is 2. The van der Waals surface area contributed by atoms with Crippen LogP contribution in [0.4, 0.5) is 4.39 Å². The highest BCUT2D eigenvalue weighted by molar-refractivity contribution is 7.80. The van der Waals surface area contributed by atoms with Crippen LogP contribution in [-0.2, 0) is 0 Å². The standard InChI is InChI=1S/C26H29FN4OS/c1-15(2)12-13-31-18(5)22(23(28-26(31)33)20-7-6-16(3)17(4)14-20)25-29-24(30-32-25)19-8-10-21(27)11-9-19/h6-11,14-15,23H,12-13H2,1-5H3,(H,28,33). The van der Waals surface area contributed by atoms with Crippen LogP contribution in [0.5, 0.6) is 0 Å². The van der Waals surface area contributed by atoms with Gasteiger partial charge in [-0.2, -0.15) is 4.98 Å². The quantitative estimate of drug-likeness (QED) is 0.438. The highest BCUT2D eigenvalue weighted by Crippen LogP contribution is 2.38. The second-order valence-electron chi connectivity index (χ2n) is 8.99. The SMILES string of the molecule is CC1=C(c2nc(-c3ccc(F)cc3)no2)C(c2ccc(C)c(C)c2)NC(=S)N1CCC(C)C. The van der Waals surface area contributed by atoms with Gasteiger partial charge in [-0.25, -0.2) is 4.39 Å². The third-order valence-electron chi connectivity index (χ3n) is 6.15. The fourth-order valence-corrected chi connectivity index (χ4v) is 4.30. The zero-order valence-corrected chi connectivity index (χ0v) is 20.5. The van der Waals surface area contributed by atoms with E-state index in [2.05, 4.69) is 73.2 Å². The maximum atomic E-state index is 13.4. The molecule has 0 radical (unpaired) electrons. The summed E-state index contributed by atoms with van der Waals surface area (Å²) >= 11 is 5.77. The molecular formula is C26H29FN4OS. The highest BCUT2D eigenvalue weighted by Gasteiger charge is 2.34. The molecule has 0 aliphatic carbocycles. The summed E-state index contributed by atoms with van der Waals surface area (Å²) in [4.78, 5) is 6.80. The molecule has 172 valence electrons. The van der Waals surface area contributed by atoms with Crippen molar-refractivity contribution < 1.29 is 8.91 Å². The van der Waals surface area contributed by atoms with E-state index in [-0.39, 0.29) is 11.9 Å². The molecule has 0 saturated heterocycles. The number of halogens is 1. The van der Waals surface area contributed by atoms with Crippen molar-refractivity contribution in [3.63, 3.8) is 0 Å². The lowest BCUT2D eigenvalue weighted by atomic mass is 9.92. The molecular weight excluding hydrogens is 435 g/mol. The Balaban J connectivity index is 1.80. The summed E-state index contributed by atoms with van der Waals surface area (Å²) in [5.74, 6) is 1.10. The monoisotopic (exact) mass is 464 g/mol. The van der Waals surface area contributed by atoms with Crippen LogP contribution in [0.1, 0.15) is 55.8 Å². The van der Waals surface area contributed by atoms with E-state index in [4.69, 9.17) is 16.7 Å². The van der Waals surface area contributed by atoms with Crippen LogP contribution in [0, 0.1) is 25.6 Å². The van der Waals surface area contributed by atoms with Crippen LogP contribution in [0.25, 0.3) is 17.0 Å². The van der Waals surface area contributed by atoms with Gasteiger partial charge in [0.2, 0.25) is 5.82 Å². The number of hydrogen-bond donors (Lipinski definition) is 1. The summed E-state index contributed by atoms with van der Waals surface area (Å²) in [7, 11) is 0. The molecule has 5 nitrogen and oxygen atoms in total. The van der Waals surface area contributed by atoms with Gasteiger partial charge in [0.15, 0.2) is 5.11 Å². The Morgan fingerprint density at radius 3 is 2.48 bits per heavy atom. The predicted molar refractivity (Wildman–Crippen MR) is 133 cm³/mol. The second-order valence-corrected chi connectivity index (χ2v) is 9.38. The molecule has 3 aromatic rings. The Morgan fingerprint density at radius 1 is 1.09 bits per heavy atom. The molecule has 33 heavy (non-hydrogen) atoms. The van der Waals surface area contributed by atoms with Crippen molar-refractivity contribution >= 4 is 22.9 Å². The van der Waals surface area contributed by atoms with E-state index < -0.39 is 0 Å². The van der Waals surface area contributed by atoms with E-state index in [9.17, 15) is 4.39 Å². The first-order chi connectivity index (χ1) is 15.7. The van der Waals surface area contributed by atoms with Crippen molar-refractivity contribution in [1.29, 1.82) is 0 Å². The normalized spacial score (nSPS) is 16.5. The molecule has 1 unspecified atom stereocenters. The number of rotatable bonds is 6. The molecule has 0 saturated carbocycles. The molecule has 1 aliphatic rings. The smallest absolute Gasteiger partial charge is 0.258 e. The van der Waals surface area contributed by atoms with Gasteiger partial charge in [0.1, 0.15) is 5.82 Å². The summed E-state index contributed by atoms with van der Waals surface area (Å²) in [5.41, 5.74) is 6.11. The Labute approximate surface area is 199 Å². The molecule has 0 fully saturated rings. The zero-order chi connectivity index (χ0) is 23.7. The Bertz CT molecular complexity index is 1200. The van der Waals surface area contributed by atoms with Crippen LogP contribution in [0.3, 0.4) is 0 Å². The van der Waals surface area contributed by atoms with Crippen LogP contribution in [-0.4, -0.2) is 26.7 Å². The van der Waals surface area contributed by atoms with E-state index in [1.165, 1.54) is 23.3 Å². The lowest BCUT2D eigenvalue weighted by Gasteiger charge is -2.37. The van der Waals surface area contributed by atoms with Crippen LogP contribution < -0.4 is 5.32 Å². The van der Waals surface area contributed by atoms with Crippen LogP contribution in [0.15, 0.2) is 52.7 Å². The minimum atomic E-state index is -0.304. The number of benzene rings is 2. The average molecular weight is 465 g/mol. The average Bonchev–Trinajstić information content (AvgIpc) is 3.25. The summed E-state index contributed by atoms with van der Waals surface area (Å²) in [6, 6.07) is 12.3. The van der Waals surface area contributed by atoms with Gasteiger partial charge in [0, 0.05) is 17.8 Å². The molecule has 0 amide bonds. The number of nitrogens with one attached hydrogen (secondary N) is 1. The number of aromatic nitrogens is 2. The topological polar surface area (TPSA) is 54.2 Å². The fourth-order valence-electron chi connectivity index (χ4n) is 3.96. The lowest BCUT2D eigenvalue weighted by Crippen LogP contribution is -2.46. The van der Waals surface area contributed by atoms with Gasteiger partial charge >= 0.3 is 0 Å². The first kappa shape index (κ1) is 23.1. The van der Waals surface area contributed by atoms with Crippen molar-refractivity contribution in [2.45, 2.75) is 47.1 Å². The highest BCUT2D eigenvalue weighted by atomic mass is 32.1. The van der Waals surface area contributed by atoms with Gasteiger partial charge in [0.05, 0.1) is 11.6 Å². The predicted octanol–water partition coefficient (Wildman–Crippen LogP) is 6.20. The molecule has 2 heterocycles. The minimum absolute atomic E-state index is 0.214. The number of allylic oxidation sites excluding steroid dienone is 1. The van der Waals surface area contributed by atoms with Gasteiger partial charge in [-0.15, -0.1) is 0 Å². The maximum absolute atomic E-state index is 13.4. The van der Waals surface area contributed by atoms with E-state index in [0.717, 1.165) is 29.8 Å². The minimum Gasteiger partial charge on any atom is -0.351 e. The van der Waals surface area contributed by atoms with E-state index in [1.54, 1.807) is 12.1 Å². The van der Waals surface area contributed by atoms with Crippen LogP contribution in [0.2, 0.25) is 0 Å². The van der Waals surface area contributed by atoms with Crippen molar-refractivity contribution in [3.05, 3.63) is 76.6 Å². The van der Waals surface area contributed by atoms with E-state index in [0.29, 0.717) is 28.3 Å². The Hall–Kier alpha value is -3.06. The van der Waals surface area contributed by atoms with Gasteiger partial charge < -0.3 is 14.7 Å². The number of hydrogen-bond acceptors (Lipinski definition) is 4. The molecule has 1 aromatic heterocycles. The number of nitrogens with zero attached hydrogens (tertiary/aromatic N) is 3. The molecule has 4 rings (SSSR count).